The fourth-order valence-electron chi connectivity index (χ4n) is 2.43. The molecular weight excluding hydrogens is 164 g/mol. The third-order valence-corrected chi connectivity index (χ3v) is 3.41. The smallest absolute Gasteiger partial charge is 0.0895 e. The van der Waals surface area contributed by atoms with Crippen LogP contribution in [0.5, 0.6) is 0 Å². The highest BCUT2D eigenvalue weighted by molar-refractivity contribution is 4.96. The van der Waals surface area contributed by atoms with Crippen LogP contribution in [0.25, 0.3) is 0 Å². The van der Waals surface area contributed by atoms with Crippen LogP contribution in [0.1, 0.15) is 27.7 Å². The summed E-state index contributed by atoms with van der Waals surface area (Å²) in [5, 5.41) is 0. The Morgan fingerprint density at radius 3 is 2.23 bits per heavy atom. The largest absolute Gasteiger partial charge is 0.375 e. The van der Waals surface area contributed by atoms with Gasteiger partial charge in [-0.15, -0.1) is 0 Å². The second-order valence-corrected chi connectivity index (χ2v) is 5.55. The molecule has 2 rings (SSSR count). The molecule has 76 valence electrons. The van der Waals surface area contributed by atoms with Crippen LogP contribution in [0, 0.1) is 17.3 Å². The van der Waals surface area contributed by atoms with Crippen LogP contribution in [0.4, 0.5) is 0 Å². The zero-order valence-corrected chi connectivity index (χ0v) is 9.04. The van der Waals surface area contributed by atoms with Crippen molar-refractivity contribution in [2.75, 3.05) is 13.2 Å². The van der Waals surface area contributed by atoms with Crippen LogP contribution in [0.3, 0.4) is 0 Å². The van der Waals surface area contributed by atoms with Crippen molar-refractivity contribution in [3.05, 3.63) is 0 Å². The first kappa shape index (κ1) is 9.47. The Balaban J connectivity index is 2.11. The molecule has 3 unspecified atom stereocenters. The molecule has 4 atom stereocenters. The molecule has 0 aromatic carbocycles. The summed E-state index contributed by atoms with van der Waals surface area (Å²) in [6, 6.07) is 0. The molecule has 0 aromatic rings. The maximum atomic E-state index is 5.80. The minimum absolute atomic E-state index is 0.309. The van der Waals surface area contributed by atoms with Gasteiger partial charge in [0, 0.05) is 11.8 Å². The van der Waals surface area contributed by atoms with Crippen molar-refractivity contribution in [3.8, 4) is 0 Å². The highest BCUT2D eigenvalue weighted by atomic mass is 16.6. The van der Waals surface area contributed by atoms with E-state index in [4.69, 9.17) is 9.47 Å². The molecule has 0 N–H and O–H groups in total. The lowest BCUT2D eigenvalue weighted by molar-refractivity contribution is 0.0338. The number of rotatable bonds is 0. The Bertz CT molecular complexity index is 195. The van der Waals surface area contributed by atoms with E-state index < -0.39 is 0 Å². The van der Waals surface area contributed by atoms with Crippen LogP contribution in [-0.2, 0) is 9.47 Å². The molecule has 2 fully saturated rings. The molecule has 0 amide bonds. The maximum absolute atomic E-state index is 5.80. The number of hydrogen-bond acceptors (Lipinski definition) is 2. The molecule has 2 nitrogen and oxygen atoms in total. The average Bonchev–Trinajstić information content (AvgIpc) is 2.51. The van der Waals surface area contributed by atoms with Gasteiger partial charge in [0.1, 0.15) is 0 Å². The highest BCUT2D eigenvalue weighted by Crippen LogP contribution is 2.42. The van der Waals surface area contributed by atoms with Gasteiger partial charge in [-0.2, -0.15) is 0 Å². The van der Waals surface area contributed by atoms with E-state index in [9.17, 15) is 0 Å². The van der Waals surface area contributed by atoms with E-state index in [-0.39, 0.29) is 0 Å². The van der Waals surface area contributed by atoms with Gasteiger partial charge in [0.2, 0.25) is 0 Å². The summed E-state index contributed by atoms with van der Waals surface area (Å²) in [5.74, 6) is 1.15. The summed E-state index contributed by atoms with van der Waals surface area (Å²) in [6.07, 6.45) is 0.722. The van der Waals surface area contributed by atoms with E-state index in [1.165, 1.54) is 0 Å². The van der Waals surface area contributed by atoms with Crippen LogP contribution >= 0.6 is 0 Å². The lowest BCUT2D eigenvalue weighted by Crippen LogP contribution is -2.33. The molecule has 0 aromatic heterocycles. The van der Waals surface area contributed by atoms with Crippen molar-refractivity contribution < 1.29 is 9.47 Å². The molecule has 2 aliphatic heterocycles. The third-order valence-electron chi connectivity index (χ3n) is 3.41. The molecule has 0 radical (unpaired) electrons. The average molecular weight is 184 g/mol. The van der Waals surface area contributed by atoms with Crippen LogP contribution in [-0.4, -0.2) is 25.4 Å². The van der Waals surface area contributed by atoms with Gasteiger partial charge in [-0.1, -0.05) is 27.7 Å². The fraction of sp³-hybridized carbons (Fsp3) is 1.00. The van der Waals surface area contributed by atoms with E-state index in [2.05, 4.69) is 27.7 Å². The van der Waals surface area contributed by atoms with Crippen LogP contribution in [0.15, 0.2) is 0 Å². The molecule has 13 heavy (non-hydrogen) atoms. The fourth-order valence-corrected chi connectivity index (χ4v) is 2.43. The second-order valence-electron chi connectivity index (χ2n) is 5.55. The van der Waals surface area contributed by atoms with Crippen molar-refractivity contribution in [2.24, 2.45) is 17.3 Å². The standard InChI is InChI=1S/C11H20O2/c1-7-5-12-10-8(11(2,3)4)6-13-9(7)10/h7-10H,5-6H2,1-4H3/t7-,8?,9?,10?/m1/s1. The lowest BCUT2D eigenvalue weighted by atomic mass is 9.77. The monoisotopic (exact) mass is 184 g/mol. The van der Waals surface area contributed by atoms with Crippen molar-refractivity contribution in [1.29, 1.82) is 0 Å². The summed E-state index contributed by atoms with van der Waals surface area (Å²) in [4.78, 5) is 0. The second kappa shape index (κ2) is 2.96. The summed E-state index contributed by atoms with van der Waals surface area (Å²) < 4.78 is 11.6. The quantitative estimate of drug-likeness (QED) is 0.574. The molecular formula is C11H20O2. The first-order valence-corrected chi connectivity index (χ1v) is 5.23. The maximum Gasteiger partial charge on any atom is 0.0895 e. The highest BCUT2D eigenvalue weighted by Gasteiger charge is 2.49. The van der Waals surface area contributed by atoms with Gasteiger partial charge in [0.15, 0.2) is 0 Å². The predicted molar refractivity (Wildman–Crippen MR) is 51.6 cm³/mol. The molecule has 2 aliphatic rings. The summed E-state index contributed by atoms with van der Waals surface area (Å²) in [6.45, 7) is 10.8. The first-order valence-electron chi connectivity index (χ1n) is 5.23. The van der Waals surface area contributed by atoms with Gasteiger partial charge in [-0.05, 0) is 5.41 Å². The molecule has 2 saturated heterocycles. The Hall–Kier alpha value is -0.0800. The first-order chi connectivity index (χ1) is 6.00. The molecule has 0 bridgehead atoms. The van der Waals surface area contributed by atoms with Gasteiger partial charge in [-0.3, -0.25) is 0 Å². The minimum atomic E-state index is 0.309. The van der Waals surface area contributed by atoms with Crippen LogP contribution < -0.4 is 0 Å². The summed E-state index contributed by atoms with van der Waals surface area (Å²) in [5.41, 5.74) is 0.309. The van der Waals surface area contributed by atoms with Gasteiger partial charge < -0.3 is 9.47 Å². The number of ether oxygens (including phenoxy) is 2. The molecule has 0 aliphatic carbocycles. The Morgan fingerprint density at radius 2 is 1.62 bits per heavy atom. The van der Waals surface area contributed by atoms with E-state index in [0.717, 1.165) is 13.2 Å². The SMILES string of the molecule is C[C@@H]1COC2C1OCC2C(C)(C)C. The third kappa shape index (κ3) is 1.50. The van der Waals surface area contributed by atoms with E-state index in [1.807, 2.05) is 0 Å². The summed E-state index contributed by atoms with van der Waals surface area (Å²) >= 11 is 0. The normalized spacial score (nSPS) is 45.2. The van der Waals surface area contributed by atoms with E-state index >= 15 is 0 Å². The minimum Gasteiger partial charge on any atom is -0.375 e. The van der Waals surface area contributed by atoms with Crippen molar-refractivity contribution in [2.45, 2.75) is 39.9 Å². The molecule has 2 heterocycles. The van der Waals surface area contributed by atoms with Crippen LogP contribution in [0.2, 0.25) is 0 Å². The van der Waals surface area contributed by atoms with Crippen molar-refractivity contribution in [3.63, 3.8) is 0 Å². The Kier molecular flexibility index (Phi) is 2.16. The molecule has 2 heteroatoms. The zero-order valence-electron chi connectivity index (χ0n) is 9.04. The molecule has 0 spiro atoms. The predicted octanol–water partition coefficient (Wildman–Crippen LogP) is 2.08. The zero-order chi connectivity index (χ0) is 9.64. The van der Waals surface area contributed by atoms with Crippen molar-refractivity contribution >= 4 is 0 Å². The van der Waals surface area contributed by atoms with Gasteiger partial charge in [0.25, 0.3) is 0 Å². The van der Waals surface area contributed by atoms with Crippen molar-refractivity contribution in [1.82, 2.24) is 0 Å². The Labute approximate surface area is 80.6 Å². The van der Waals surface area contributed by atoms with Gasteiger partial charge >= 0.3 is 0 Å². The number of hydrogen-bond donors (Lipinski definition) is 0. The van der Waals surface area contributed by atoms with Gasteiger partial charge in [-0.25, -0.2) is 0 Å². The van der Waals surface area contributed by atoms with E-state index in [0.29, 0.717) is 29.5 Å². The number of fused-ring (bicyclic) bond motifs is 1. The molecule has 0 saturated carbocycles. The Morgan fingerprint density at radius 1 is 1.00 bits per heavy atom. The lowest BCUT2D eigenvalue weighted by Gasteiger charge is -2.29. The summed E-state index contributed by atoms with van der Waals surface area (Å²) in [7, 11) is 0. The van der Waals surface area contributed by atoms with Gasteiger partial charge in [0.05, 0.1) is 25.4 Å². The topological polar surface area (TPSA) is 18.5 Å². The van der Waals surface area contributed by atoms with E-state index in [1.54, 1.807) is 0 Å².